The van der Waals surface area contributed by atoms with Crippen LogP contribution in [0.5, 0.6) is 0 Å². The summed E-state index contributed by atoms with van der Waals surface area (Å²) in [4.78, 5) is 37.1. The fourth-order valence-electron chi connectivity index (χ4n) is 2.54. The third-order valence-corrected chi connectivity index (χ3v) is 3.60. The first-order valence-electron chi connectivity index (χ1n) is 7.18. The summed E-state index contributed by atoms with van der Waals surface area (Å²) >= 11 is 0. The molecule has 0 aliphatic carbocycles. The van der Waals surface area contributed by atoms with Crippen LogP contribution >= 0.6 is 0 Å². The lowest BCUT2D eigenvalue weighted by molar-refractivity contribution is -0.133. The second-order valence-corrected chi connectivity index (χ2v) is 5.59. The van der Waals surface area contributed by atoms with Crippen LogP contribution < -0.4 is 10.6 Å². The van der Waals surface area contributed by atoms with Gasteiger partial charge in [0, 0.05) is 13.1 Å². The van der Waals surface area contributed by atoms with E-state index in [2.05, 4.69) is 10.6 Å². The van der Waals surface area contributed by atoms with Crippen molar-refractivity contribution in [3.8, 4) is 0 Å². The van der Waals surface area contributed by atoms with Gasteiger partial charge in [0.15, 0.2) is 5.78 Å². The molecule has 0 bridgehead atoms. The molecular formula is C14H25N3O3. The summed E-state index contributed by atoms with van der Waals surface area (Å²) in [6.45, 7) is 8.57. The minimum absolute atomic E-state index is 0.0291. The standard InChI is InChI=1S/C14H25N3O3/c1-5-11-14(20)15-6-7-17(11)8-12(19)16-13(9(2)3)10(4)18/h9,11,13H,5-8H2,1-4H3,(H,15,20)(H,16,19). The summed E-state index contributed by atoms with van der Waals surface area (Å²) < 4.78 is 0. The van der Waals surface area contributed by atoms with Crippen molar-refractivity contribution in [1.82, 2.24) is 15.5 Å². The number of hydrogen-bond acceptors (Lipinski definition) is 4. The zero-order valence-corrected chi connectivity index (χ0v) is 12.7. The quantitative estimate of drug-likeness (QED) is 0.715. The summed E-state index contributed by atoms with van der Waals surface area (Å²) in [5, 5.41) is 5.56. The molecule has 1 saturated heterocycles. The van der Waals surface area contributed by atoms with Crippen LogP contribution in [0, 0.1) is 5.92 Å². The maximum Gasteiger partial charge on any atom is 0.237 e. The predicted octanol–water partition coefficient (Wildman–Crippen LogP) is -0.0734. The van der Waals surface area contributed by atoms with Gasteiger partial charge in [-0.15, -0.1) is 0 Å². The molecule has 1 aliphatic heterocycles. The van der Waals surface area contributed by atoms with E-state index in [0.29, 0.717) is 19.5 Å². The number of ketones is 1. The number of Topliss-reactive ketones (excluding diaryl/α,β-unsaturated/α-hetero) is 1. The second kappa shape index (κ2) is 7.38. The number of nitrogens with one attached hydrogen (secondary N) is 2. The van der Waals surface area contributed by atoms with Crippen molar-refractivity contribution in [1.29, 1.82) is 0 Å². The monoisotopic (exact) mass is 283 g/mol. The van der Waals surface area contributed by atoms with Gasteiger partial charge in [-0.25, -0.2) is 0 Å². The van der Waals surface area contributed by atoms with E-state index < -0.39 is 6.04 Å². The minimum Gasteiger partial charge on any atom is -0.353 e. The molecule has 2 atom stereocenters. The van der Waals surface area contributed by atoms with Gasteiger partial charge in [-0.3, -0.25) is 19.3 Å². The van der Waals surface area contributed by atoms with Crippen LogP contribution in [0.4, 0.5) is 0 Å². The van der Waals surface area contributed by atoms with Gasteiger partial charge >= 0.3 is 0 Å². The summed E-state index contributed by atoms with van der Waals surface area (Å²) in [7, 11) is 0. The number of nitrogens with zero attached hydrogens (tertiary/aromatic N) is 1. The van der Waals surface area contributed by atoms with Crippen molar-refractivity contribution >= 4 is 17.6 Å². The molecule has 6 heteroatoms. The number of amides is 2. The van der Waals surface area contributed by atoms with Crippen molar-refractivity contribution in [2.75, 3.05) is 19.6 Å². The predicted molar refractivity (Wildman–Crippen MR) is 76.1 cm³/mol. The Bertz CT molecular complexity index is 382. The average molecular weight is 283 g/mol. The SMILES string of the molecule is CCC1C(=O)NCCN1CC(=O)NC(C(C)=O)C(C)C. The zero-order chi connectivity index (χ0) is 15.3. The van der Waals surface area contributed by atoms with Crippen LogP contribution in [0.25, 0.3) is 0 Å². The Morgan fingerprint density at radius 3 is 2.60 bits per heavy atom. The van der Waals surface area contributed by atoms with Gasteiger partial charge in [-0.2, -0.15) is 0 Å². The molecule has 2 N–H and O–H groups in total. The van der Waals surface area contributed by atoms with Gasteiger partial charge < -0.3 is 10.6 Å². The number of carbonyl (C=O) groups is 3. The van der Waals surface area contributed by atoms with Crippen LogP contribution in [0.3, 0.4) is 0 Å². The van der Waals surface area contributed by atoms with Gasteiger partial charge in [0.2, 0.25) is 11.8 Å². The van der Waals surface area contributed by atoms with Gasteiger partial charge in [0.05, 0.1) is 18.6 Å². The first-order valence-corrected chi connectivity index (χ1v) is 7.18. The van der Waals surface area contributed by atoms with Crippen molar-refractivity contribution < 1.29 is 14.4 Å². The molecule has 1 fully saturated rings. The van der Waals surface area contributed by atoms with Gasteiger partial charge in [0.25, 0.3) is 0 Å². The first-order chi connectivity index (χ1) is 9.36. The number of hydrogen-bond donors (Lipinski definition) is 2. The maximum atomic E-state index is 12.1. The number of rotatable bonds is 6. The van der Waals surface area contributed by atoms with E-state index in [4.69, 9.17) is 0 Å². The van der Waals surface area contributed by atoms with Gasteiger partial charge in [-0.05, 0) is 19.3 Å². The molecule has 1 aliphatic rings. The lowest BCUT2D eigenvalue weighted by Gasteiger charge is -2.34. The van der Waals surface area contributed by atoms with Crippen molar-refractivity contribution in [2.24, 2.45) is 5.92 Å². The Labute approximate surface area is 120 Å². The Morgan fingerprint density at radius 1 is 1.45 bits per heavy atom. The summed E-state index contributed by atoms with van der Waals surface area (Å²) in [5.74, 6) is -0.217. The molecule has 0 aromatic rings. The molecule has 0 aromatic carbocycles. The van der Waals surface area contributed by atoms with E-state index in [1.165, 1.54) is 6.92 Å². The highest BCUT2D eigenvalue weighted by Crippen LogP contribution is 2.08. The topological polar surface area (TPSA) is 78.5 Å². The number of piperazine rings is 1. The minimum atomic E-state index is -0.457. The molecule has 1 heterocycles. The lowest BCUT2D eigenvalue weighted by atomic mass is 10.0. The van der Waals surface area contributed by atoms with Crippen LogP contribution in [0.15, 0.2) is 0 Å². The van der Waals surface area contributed by atoms with Crippen LogP contribution in [-0.4, -0.2) is 54.2 Å². The molecule has 2 amide bonds. The molecule has 0 saturated carbocycles. The Morgan fingerprint density at radius 2 is 2.10 bits per heavy atom. The molecule has 0 radical (unpaired) electrons. The Balaban J connectivity index is 2.60. The Kier molecular flexibility index (Phi) is 6.13. The first kappa shape index (κ1) is 16.6. The average Bonchev–Trinajstić information content (AvgIpc) is 2.35. The molecule has 6 nitrogen and oxygen atoms in total. The molecule has 0 aromatic heterocycles. The summed E-state index contributed by atoms with van der Waals surface area (Å²) in [5.41, 5.74) is 0. The third kappa shape index (κ3) is 4.30. The largest absolute Gasteiger partial charge is 0.353 e. The van der Waals surface area contributed by atoms with E-state index in [0.717, 1.165) is 0 Å². The molecule has 20 heavy (non-hydrogen) atoms. The normalized spacial score (nSPS) is 21.4. The Hall–Kier alpha value is -1.43. The molecule has 1 rings (SSSR count). The summed E-state index contributed by atoms with van der Waals surface area (Å²) in [6.07, 6.45) is 0.666. The summed E-state index contributed by atoms with van der Waals surface area (Å²) in [6, 6.07) is -0.717. The van der Waals surface area contributed by atoms with E-state index in [-0.39, 0.29) is 36.1 Å². The molecule has 0 spiro atoms. The molecule has 2 unspecified atom stereocenters. The van der Waals surface area contributed by atoms with E-state index in [9.17, 15) is 14.4 Å². The number of carbonyl (C=O) groups excluding carboxylic acids is 3. The van der Waals surface area contributed by atoms with E-state index in [1.807, 2.05) is 25.7 Å². The third-order valence-electron chi connectivity index (χ3n) is 3.60. The highest BCUT2D eigenvalue weighted by Gasteiger charge is 2.30. The van der Waals surface area contributed by atoms with Crippen molar-refractivity contribution in [2.45, 2.75) is 46.2 Å². The highest BCUT2D eigenvalue weighted by atomic mass is 16.2. The fraction of sp³-hybridized carbons (Fsp3) is 0.786. The van der Waals surface area contributed by atoms with Crippen molar-refractivity contribution in [3.05, 3.63) is 0 Å². The lowest BCUT2D eigenvalue weighted by Crippen LogP contribution is -2.58. The maximum absolute atomic E-state index is 12.1. The van der Waals surface area contributed by atoms with Gasteiger partial charge in [0.1, 0.15) is 0 Å². The van der Waals surface area contributed by atoms with E-state index >= 15 is 0 Å². The second-order valence-electron chi connectivity index (χ2n) is 5.59. The van der Waals surface area contributed by atoms with Crippen LogP contribution in [0.1, 0.15) is 34.1 Å². The molecular weight excluding hydrogens is 258 g/mol. The zero-order valence-electron chi connectivity index (χ0n) is 12.7. The van der Waals surface area contributed by atoms with Gasteiger partial charge in [-0.1, -0.05) is 20.8 Å². The van der Waals surface area contributed by atoms with Crippen LogP contribution in [0.2, 0.25) is 0 Å². The fourth-order valence-corrected chi connectivity index (χ4v) is 2.54. The smallest absolute Gasteiger partial charge is 0.237 e. The van der Waals surface area contributed by atoms with Crippen LogP contribution in [-0.2, 0) is 14.4 Å². The highest BCUT2D eigenvalue weighted by molar-refractivity contribution is 5.89. The molecule has 114 valence electrons. The van der Waals surface area contributed by atoms with E-state index in [1.54, 1.807) is 0 Å². The van der Waals surface area contributed by atoms with Crippen molar-refractivity contribution in [3.63, 3.8) is 0 Å².